The van der Waals surface area contributed by atoms with Gasteiger partial charge in [-0.2, -0.15) is 18.3 Å². The Balaban J connectivity index is 1.74. The molecule has 0 atom stereocenters. The second kappa shape index (κ2) is 8.49. The molecule has 0 spiro atoms. The van der Waals surface area contributed by atoms with Crippen molar-refractivity contribution in [2.45, 2.75) is 6.18 Å². The molecule has 0 aliphatic rings. The third-order valence-electron chi connectivity index (χ3n) is 5.03. The topological polar surface area (TPSA) is 82.7 Å². The number of aromatic nitrogens is 4. The van der Waals surface area contributed by atoms with Crippen molar-refractivity contribution >= 4 is 11.6 Å². The molecule has 0 unspecified atom stereocenters. The zero-order valence-electron chi connectivity index (χ0n) is 18.0. The Bertz CT molecular complexity index is 1300. The van der Waals surface area contributed by atoms with E-state index in [9.17, 15) is 18.0 Å². The lowest BCUT2D eigenvalue weighted by atomic mass is 10.1. The number of ether oxygens (including phenoxy) is 2. The first-order chi connectivity index (χ1) is 15.7. The second-order valence-electron chi connectivity index (χ2n) is 7.24. The molecule has 172 valence electrons. The number of aryl methyl sites for hydroxylation is 1. The van der Waals surface area contributed by atoms with Crippen molar-refractivity contribution in [1.29, 1.82) is 0 Å². The molecule has 1 aromatic carbocycles. The van der Waals surface area contributed by atoms with Crippen LogP contribution in [-0.2, 0) is 7.05 Å². The predicted octanol–water partition coefficient (Wildman–Crippen LogP) is 3.71. The van der Waals surface area contributed by atoms with Crippen molar-refractivity contribution < 1.29 is 27.4 Å². The first-order valence-corrected chi connectivity index (χ1v) is 9.77. The number of hydrogen-bond donors (Lipinski definition) is 1. The number of nitrogens with one attached hydrogen (secondary N) is 1. The standard InChI is InChI=1S/C22H20F3N5O3/c1-29-11-15(9-28-29)13-4-5-30-16(10-26-19(30)8-13)14-6-17(32-2)20(18(7-14)33-3)21(31)27-12-22(23,24)25/h4-11H,12H2,1-3H3,(H,27,31). The molecule has 33 heavy (non-hydrogen) atoms. The fraction of sp³-hybridized carbons (Fsp3) is 0.227. The summed E-state index contributed by atoms with van der Waals surface area (Å²) in [6.07, 6.45) is 2.62. The zero-order valence-corrected chi connectivity index (χ0v) is 18.0. The fourth-order valence-electron chi connectivity index (χ4n) is 3.50. The summed E-state index contributed by atoms with van der Waals surface area (Å²) >= 11 is 0. The smallest absolute Gasteiger partial charge is 0.405 e. The minimum Gasteiger partial charge on any atom is -0.496 e. The van der Waals surface area contributed by atoms with Gasteiger partial charge in [-0.05, 0) is 29.8 Å². The number of carbonyl (C=O) groups is 1. The molecule has 0 aliphatic heterocycles. The summed E-state index contributed by atoms with van der Waals surface area (Å²) < 4.78 is 51.8. The number of pyridine rings is 1. The van der Waals surface area contributed by atoms with Crippen LogP contribution in [0, 0.1) is 0 Å². The monoisotopic (exact) mass is 459 g/mol. The normalized spacial score (nSPS) is 11.6. The maximum Gasteiger partial charge on any atom is 0.405 e. The van der Waals surface area contributed by atoms with Gasteiger partial charge >= 0.3 is 6.18 Å². The van der Waals surface area contributed by atoms with E-state index in [1.165, 1.54) is 14.2 Å². The van der Waals surface area contributed by atoms with Crippen molar-refractivity contribution in [1.82, 2.24) is 24.5 Å². The molecule has 1 N–H and O–H groups in total. The molecular weight excluding hydrogens is 439 g/mol. The predicted molar refractivity (Wildman–Crippen MR) is 114 cm³/mol. The van der Waals surface area contributed by atoms with Crippen LogP contribution in [0.25, 0.3) is 28.0 Å². The Morgan fingerprint density at radius 2 is 1.76 bits per heavy atom. The Morgan fingerprint density at radius 1 is 1.06 bits per heavy atom. The fourth-order valence-corrected chi connectivity index (χ4v) is 3.50. The van der Waals surface area contributed by atoms with Crippen LogP contribution >= 0.6 is 0 Å². The number of carbonyl (C=O) groups excluding carboxylic acids is 1. The Kier molecular flexibility index (Phi) is 5.71. The van der Waals surface area contributed by atoms with E-state index in [-0.39, 0.29) is 17.1 Å². The van der Waals surface area contributed by atoms with Crippen LogP contribution in [0.4, 0.5) is 13.2 Å². The molecule has 0 radical (unpaired) electrons. The average Bonchev–Trinajstić information content (AvgIpc) is 3.41. The van der Waals surface area contributed by atoms with Gasteiger partial charge < -0.3 is 14.8 Å². The molecule has 8 nitrogen and oxygen atoms in total. The molecule has 3 heterocycles. The van der Waals surface area contributed by atoms with E-state index in [1.54, 1.807) is 29.2 Å². The van der Waals surface area contributed by atoms with Gasteiger partial charge in [0.2, 0.25) is 0 Å². The molecule has 1 amide bonds. The van der Waals surface area contributed by atoms with Gasteiger partial charge in [0.05, 0.1) is 32.3 Å². The van der Waals surface area contributed by atoms with Gasteiger partial charge in [-0.1, -0.05) is 0 Å². The van der Waals surface area contributed by atoms with Gasteiger partial charge in [0.25, 0.3) is 5.91 Å². The van der Waals surface area contributed by atoms with Crippen LogP contribution in [0.15, 0.2) is 49.1 Å². The number of amides is 1. The number of alkyl halides is 3. The number of nitrogens with zero attached hydrogens (tertiary/aromatic N) is 4. The summed E-state index contributed by atoms with van der Waals surface area (Å²) in [5.41, 5.74) is 3.73. The number of imidazole rings is 1. The van der Waals surface area contributed by atoms with Gasteiger partial charge in [0.15, 0.2) is 0 Å². The molecule has 0 fully saturated rings. The summed E-state index contributed by atoms with van der Waals surface area (Å²) in [5, 5.41) is 6.03. The largest absolute Gasteiger partial charge is 0.496 e. The quantitative estimate of drug-likeness (QED) is 0.475. The van der Waals surface area contributed by atoms with Crippen LogP contribution in [0.2, 0.25) is 0 Å². The van der Waals surface area contributed by atoms with Crippen molar-refractivity contribution in [2.75, 3.05) is 20.8 Å². The lowest BCUT2D eigenvalue weighted by Crippen LogP contribution is -2.34. The molecule has 4 aromatic rings. The highest BCUT2D eigenvalue weighted by Gasteiger charge is 2.30. The summed E-state index contributed by atoms with van der Waals surface area (Å²) in [4.78, 5) is 16.9. The summed E-state index contributed by atoms with van der Waals surface area (Å²) in [7, 11) is 4.49. The number of halogens is 3. The number of hydrogen-bond acceptors (Lipinski definition) is 5. The molecule has 0 bridgehead atoms. The molecule has 11 heteroatoms. The van der Waals surface area contributed by atoms with E-state index < -0.39 is 18.6 Å². The van der Waals surface area contributed by atoms with Gasteiger partial charge in [0.1, 0.15) is 29.3 Å². The van der Waals surface area contributed by atoms with Gasteiger partial charge in [-0.15, -0.1) is 0 Å². The average molecular weight is 459 g/mol. The molecular formula is C22H20F3N5O3. The van der Waals surface area contributed by atoms with Crippen molar-refractivity contribution in [3.05, 3.63) is 54.6 Å². The summed E-state index contributed by atoms with van der Waals surface area (Å²) in [6, 6.07) is 6.95. The molecule has 3 aromatic heterocycles. The van der Waals surface area contributed by atoms with Gasteiger partial charge in [-0.25, -0.2) is 4.98 Å². The van der Waals surface area contributed by atoms with E-state index in [1.807, 2.05) is 41.3 Å². The van der Waals surface area contributed by atoms with Crippen LogP contribution in [0.3, 0.4) is 0 Å². The van der Waals surface area contributed by atoms with E-state index in [4.69, 9.17) is 9.47 Å². The van der Waals surface area contributed by atoms with E-state index in [0.29, 0.717) is 16.9 Å². The molecule has 4 rings (SSSR count). The minimum atomic E-state index is -4.54. The molecule has 0 saturated carbocycles. The number of methoxy groups -OCH3 is 2. The second-order valence-corrected chi connectivity index (χ2v) is 7.24. The maximum atomic E-state index is 12.5. The minimum absolute atomic E-state index is 0.0750. The highest BCUT2D eigenvalue weighted by Crippen LogP contribution is 2.36. The molecule has 0 saturated heterocycles. The third-order valence-corrected chi connectivity index (χ3v) is 5.03. The summed E-state index contributed by atoms with van der Waals surface area (Å²) in [5.74, 6) is -0.802. The van der Waals surface area contributed by atoms with Crippen molar-refractivity contribution in [3.8, 4) is 33.9 Å². The number of rotatable bonds is 6. The zero-order chi connectivity index (χ0) is 23.8. The van der Waals surface area contributed by atoms with Gasteiger partial charge in [0, 0.05) is 30.6 Å². The third kappa shape index (κ3) is 4.47. The number of benzene rings is 1. The first-order valence-electron chi connectivity index (χ1n) is 9.77. The lowest BCUT2D eigenvalue weighted by Gasteiger charge is -2.16. The Hall–Kier alpha value is -4.02. The van der Waals surface area contributed by atoms with Crippen LogP contribution < -0.4 is 14.8 Å². The van der Waals surface area contributed by atoms with E-state index >= 15 is 0 Å². The van der Waals surface area contributed by atoms with Crippen LogP contribution in [0.5, 0.6) is 11.5 Å². The maximum absolute atomic E-state index is 12.5. The highest BCUT2D eigenvalue weighted by atomic mass is 19.4. The molecule has 0 aliphatic carbocycles. The lowest BCUT2D eigenvalue weighted by molar-refractivity contribution is -0.123. The first kappa shape index (κ1) is 22.2. The van der Waals surface area contributed by atoms with E-state index in [2.05, 4.69) is 10.1 Å². The van der Waals surface area contributed by atoms with E-state index in [0.717, 1.165) is 11.1 Å². The van der Waals surface area contributed by atoms with Crippen molar-refractivity contribution in [2.24, 2.45) is 7.05 Å². The van der Waals surface area contributed by atoms with Crippen molar-refractivity contribution in [3.63, 3.8) is 0 Å². The Morgan fingerprint density at radius 3 is 2.33 bits per heavy atom. The van der Waals surface area contributed by atoms with Gasteiger partial charge in [-0.3, -0.25) is 13.9 Å². The SMILES string of the molecule is COc1cc(-c2cnc3cc(-c4cnn(C)c4)ccn23)cc(OC)c1C(=O)NCC(F)(F)F. The van der Waals surface area contributed by atoms with Crippen LogP contribution in [-0.4, -0.2) is 52.0 Å². The highest BCUT2D eigenvalue weighted by molar-refractivity contribution is 6.00. The van der Waals surface area contributed by atoms with Crippen LogP contribution in [0.1, 0.15) is 10.4 Å². The summed E-state index contributed by atoms with van der Waals surface area (Å²) in [6.45, 7) is -1.47. The Labute approximate surface area is 186 Å². The number of fused-ring (bicyclic) bond motifs is 1.